The van der Waals surface area contributed by atoms with Crippen molar-refractivity contribution in [2.45, 2.75) is 6.42 Å². The van der Waals surface area contributed by atoms with Gasteiger partial charge < -0.3 is 16.0 Å². The molecule has 1 aromatic rings. The highest BCUT2D eigenvalue weighted by molar-refractivity contribution is 5.48. The first-order valence-electron chi connectivity index (χ1n) is 4.78. The average Bonchev–Trinajstić information content (AvgIpc) is 2.12. The Kier molecular flexibility index (Phi) is 4.19. The van der Waals surface area contributed by atoms with Crippen LogP contribution >= 0.6 is 0 Å². The largest absolute Gasteiger partial charge is 0.399 e. The van der Waals surface area contributed by atoms with E-state index in [1.807, 2.05) is 6.07 Å². The van der Waals surface area contributed by atoms with Gasteiger partial charge in [0.05, 0.1) is 0 Å². The second-order valence-electron chi connectivity index (χ2n) is 3.56. The van der Waals surface area contributed by atoms with Gasteiger partial charge in [0, 0.05) is 24.5 Å². The minimum atomic E-state index is 0.745. The Morgan fingerprint density at radius 1 is 1.50 bits per heavy atom. The highest BCUT2D eigenvalue weighted by Crippen LogP contribution is 2.07. The highest BCUT2D eigenvalue weighted by Gasteiger charge is 1.94. The fourth-order valence-electron chi connectivity index (χ4n) is 1.16. The number of nitrogens with one attached hydrogen (secondary N) is 1. The topological polar surface area (TPSA) is 54.2 Å². The fraction of sp³-hybridized carbons (Fsp3) is 0.500. The summed E-state index contributed by atoms with van der Waals surface area (Å²) in [5.74, 6) is 0.851. The van der Waals surface area contributed by atoms with Gasteiger partial charge in [-0.15, -0.1) is 0 Å². The molecule has 0 saturated heterocycles. The van der Waals surface area contributed by atoms with Gasteiger partial charge in [-0.1, -0.05) is 0 Å². The Morgan fingerprint density at radius 3 is 2.93 bits per heavy atom. The molecule has 1 aromatic heterocycles. The zero-order valence-corrected chi connectivity index (χ0v) is 8.83. The van der Waals surface area contributed by atoms with Crippen LogP contribution in [0.1, 0.15) is 6.42 Å². The van der Waals surface area contributed by atoms with Gasteiger partial charge in [-0.2, -0.15) is 0 Å². The molecule has 0 fully saturated rings. The Balaban J connectivity index is 2.25. The van der Waals surface area contributed by atoms with Gasteiger partial charge in [-0.3, -0.25) is 0 Å². The second kappa shape index (κ2) is 5.44. The molecule has 0 unspecified atom stereocenters. The average molecular weight is 194 g/mol. The van der Waals surface area contributed by atoms with Gasteiger partial charge in [0.15, 0.2) is 0 Å². The number of pyridine rings is 1. The number of hydrogen-bond acceptors (Lipinski definition) is 4. The maximum Gasteiger partial charge on any atom is 0.127 e. The monoisotopic (exact) mass is 194 g/mol. The molecule has 3 N–H and O–H groups in total. The number of nitrogens with two attached hydrogens (primary N) is 1. The van der Waals surface area contributed by atoms with Crippen molar-refractivity contribution in [3.05, 3.63) is 18.3 Å². The number of rotatable bonds is 5. The lowest BCUT2D eigenvalue weighted by Gasteiger charge is -2.10. The van der Waals surface area contributed by atoms with E-state index in [1.165, 1.54) is 0 Å². The van der Waals surface area contributed by atoms with Gasteiger partial charge in [0.2, 0.25) is 0 Å². The molecule has 78 valence electrons. The van der Waals surface area contributed by atoms with Gasteiger partial charge in [0.1, 0.15) is 5.82 Å². The second-order valence-corrected chi connectivity index (χ2v) is 3.56. The maximum absolute atomic E-state index is 5.62. The highest BCUT2D eigenvalue weighted by atomic mass is 15.1. The summed E-state index contributed by atoms with van der Waals surface area (Å²) < 4.78 is 0. The van der Waals surface area contributed by atoms with Crippen molar-refractivity contribution in [2.24, 2.45) is 0 Å². The summed E-state index contributed by atoms with van der Waals surface area (Å²) >= 11 is 0. The molecule has 0 amide bonds. The van der Waals surface area contributed by atoms with E-state index in [0.717, 1.165) is 31.0 Å². The van der Waals surface area contributed by atoms with E-state index in [0.29, 0.717) is 0 Å². The van der Waals surface area contributed by atoms with Crippen LogP contribution in [0.5, 0.6) is 0 Å². The van der Waals surface area contributed by atoms with Crippen molar-refractivity contribution in [1.82, 2.24) is 9.88 Å². The van der Waals surface area contributed by atoms with Crippen molar-refractivity contribution in [2.75, 3.05) is 38.2 Å². The standard InChI is InChI=1S/C10H18N4/c1-14(2)7-3-5-12-10-8-9(11)4-6-13-10/h4,6,8H,3,5,7H2,1-2H3,(H3,11,12,13). The molecule has 4 heteroatoms. The molecule has 0 aromatic carbocycles. The molecule has 0 aliphatic heterocycles. The third-order valence-electron chi connectivity index (χ3n) is 1.87. The summed E-state index contributed by atoms with van der Waals surface area (Å²) in [5.41, 5.74) is 6.37. The van der Waals surface area contributed by atoms with E-state index in [-0.39, 0.29) is 0 Å². The summed E-state index contributed by atoms with van der Waals surface area (Å²) in [6.45, 7) is 2.00. The third kappa shape index (κ3) is 4.09. The smallest absolute Gasteiger partial charge is 0.127 e. The van der Waals surface area contributed by atoms with E-state index in [9.17, 15) is 0 Å². The number of anilines is 2. The zero-order valence-electron chi connectivity index (χ0n) is 8.83. The molecule has 4 nitrogen and oxygen atoms in total. The molecular formula is C10H18N4. The molecule has 1 heterocycles. The lowest BCUT2D eigenvalue weighted by Crippen LogP contribution is -2.16. The van der Waals surface area contributed by atoms with Gasteiger partial charge >= 0.3 is 0 Å². The Morgan fingerprint density at radius 2 is 2.29 bits per heavy atom. The maximum atomic E-state index is 5.62. The normalized spacial score (nSPS) is 10.5. The first kappa shape index (κ1) is 10.8. The van der Waals surface area contributed by atoms with Crippen LogP contribution in [0.15, 0.2) is 18.3 Å². The van der Waals surface area contributed by atoms with E-state index >= 15 is 0 Å². The van der Waals surface area contributed by atoms with Gasteiger partial charge in [-0.05, 0) is 33.1 Å². The van der Waals surface area contributed by atoms with E-state index in [4.69, 9.17) is 5.73 Å². The number of nitrogen functional groups attached to an aromatic ring is 1. The Bertz CT molecular complexity index is 273. The van der Waals surface area contributed by atoms with Crippen molar-refractivity contribution in [1.29, 1.82) is 0 Å². The molecule has 0 radical (unpaired) electrons. The molecule has 0 saturated carbocycles. The number of aromatic nitrogens is 1. The van der Waals surface area contributed by atoms with Crippen LogP contribution in [-0.2, 0) is 0 Å². The molecule has 0 bridgehead atoms. The van der Waals surface area contributed by atoms with Crippen molar-refractivity contribution < 1.29 is 0 Å². The van der Waals surface area contributed by atoms with Crippen molar-refractivity contribution in [3.63, 3.8) is 0 Å². The summed E-state index contributed by atoms with van der Waals surface area (Å²) in [6.07, 6.45) is 2.81. The van der Waals surface area contributed by atoms with Crippen LogP contribution in [0.25, 0.3) is 0 Å². The van der Waals surface area contributed by atoms with Crippen LogP contribution < -0.4 is 11.1 Å². The molecule has 0 spiro atoms. The van der Waals surface area contributed by atoms with E-state index in [1.54, 1.807) is 12.3 Å². The quantitative estimate of drug-likeness (QED) is 0.687. The Hall–Kier alpha value is -1.29. The predicted octanol–water partition coefficient (Wildman–Crippen LogP) is 1.03. The molecule has 1 rings (SSSR count). The van der Waals surface area contributed by atoms with E-state index in [2.05, 4.69) is 29.3 Å². The molecule has 14 heavy (non-hydrogen) atoms. The molecule has 0 aliphatic rings. The fourth-order valence-corrected chi connectivity index (χ4v) is 1.16. The lowest BCUT2D eigenvalue weighted by atomic mass is 10.3. The first-order chi connectivity index (χ1) is 6.68. The van der Waals surface area contributed by atoms with Crippen LogP contribution in [-0.4, -0.2) is 37.1 Å². The minimum Gasteiger partial charge on any atom is -0.399 e. The van der Waals surface area contributed by atoms with Crippen LogP contribution in [0.4, 0.5) is 11.5 Å². The predicted molar refractivity (Wildman–Crippen MR) is 60.3 cm³/mol. The molecule has 0 aliphatic carbocycles. The number of hydrogen-bond donors (Lipinski definition) is 2. The SMILES string of the molecule is CN(C)CCCNc1cc(N)ccn1. The summed E-state index contributed by atoms with van der Waals surface area (Å²) in [4.78, 5) is 6.31. The zero-order chi connectivity index (χ0) is 10.4. The summed E-state index contributed by atoms with van der Waals surface area (Å²) in [7, 11) is 4.14. The van der Waals surface area contributed by atoms with Crippen molar-refractivity contribution >= 4 is 11.5 Å². The number of nitrogens with zero attached hydrogens (tertiary/aromatic N) is 2. The molecule has 0 atom stereocenters. The molecular weight excluding hydrogens is 176 g/mol. The van der Waals surface area contributed by atoms with Crippen molar-refractivity contribution in [3.8, 4) is 0 Å². The van der Waals surface area contributed by atoms with Crippen LogP contribution in [0.2, 0.25) is 0 Å². The third-order valence-corrected chi connectivity index (χ3v) is 1.87. The first-order valence-corrected chi connectivity index (χ1v) is 4.78. The Labute approximate surface area is 85.1 Å². The summed E-state index contributed by atoms with van der Waals surface area (Å²) in [6, 6.07) is 3.63. The lowest BCUT2D eigenvalue weighted by molar-refractivity contribution is 0.405. The summed E-state index contributed by atoms with van der Waals surface area (Å²) in [5, 5.41) is 3.22. The van der Waals surface area contributed by atoms with Gasteiger partial charge in [0.25, 0.3) is 0 Å². The van der Waals surface area contributed by atoms with Crippen LogP contribution in [0, 0.1) is 0 Å². The van der Waals surface area contributed by atoms with Gasteiger partial charge in [-0.25, -0.2) is 4.98 Å². The van der Waals surface area contributed by atoms with E-state index < -0.39 is 0 Å². The van der Waals surface area contributed by atoms with Crippen LogP contribution in [0.3, 0.4) is 0 Å². The minimum absolute atomic E-state index is 0.745.